The van der Waals surface area contributed by atoms with Gasteiger partial charge in [0.2, 0.25) is 5.88 Å². The first-order valence-corrected chi connectivity index (χ1v) is 8.14. The number of rotatable bonds is 7. The Morgan fingerprint density at radius 2 is 2.17 bits per heavy atom. The summed E-state index contributed by atoms with van der Waals surface area (Å²) in [5.41, 5.74) is 0.884. The second-order valence-electron chi connectivity index (χ2n) is 5.25. The third-order valence-electron chi connectivity index (χ3n) is 3.56. The Balaban J connectivity index is 1.81. The second kappa shape index (κ2) is 10.0. The first-order chi connectivity index (χ1) is 11.3. The molecule has 0 aliphatic carbocycles. The molecule has 1 aromatic heterocycles. The molecule has 0 amide bonds. The van der Waals surface area contributed by atoms with Crippen LogP contribution in [0.1, 0.15) is 12.6 Å². The number of methoxy groups -OCH3 is 1. The Bertz CT molecular complexity index is 489. The van der Waals surface area contributed by atoms with Gasteiger partial charge in [-0.3, -0.25) is 4.90 Å². The molecule has 0 radical (unpaired) electrons. The van der Waals surface area contributed by atoms with Gasteiger partial charge in [-0.15, -0.1) is 0 Å². The van der Waals surface area contributed by atoms with Crippen molar-refractivity contribution >= 4 is 5.96 Å². The van der Waals surface area contributed by atoms with Gasteiger partial charge in [0.1, 0.15) is 0 Å². The van der Waals surface area contributed by atoms with Crippen molar-refractivity contribution < 1.29 is 9.47 Å². The van der Waals surface area contributed by atoms with E-state index in [0.29, 0.717) is 12.4 Å². The lowest BCUT2D eigenvalue weighted by Gasteiger charge is -2.26. The molecule has 0 bridgehead atoms. The van der Waals surface area contributed by atoms with Gasteiger partial charge in [0.25, 0.3) is 0 Å². The number of aliphatic imine (C=N–C) groups is 1. The fraction of sp³-hybridized carbons (Fsp3) is 0.625. The van der Waals surface area contributed by atoms with Crippen LogP contribution >= 0.6 is 0 Å². The highest BCUT2D eigenvalue weighted by Crippen LogP contribution is 2.07. The zero-order valence-corrected chi connectivity index (χ0v) is 14.0. The number of nitrogens with one attached hydrogen (secondary N) is 2. The zero-order chi connectivity index (χ0) is 16.3. The maximum atomic E-state index is 5.36. The molecule has 1 saturated heterocycles. The molecule has 1 aliphatic rings. The van der Waals surface area contributed by atoms with Gasteiger partial charge >= 0.3 is 0 Å². The predicted molar refractivity (Wildman–Crippen MR) is 90.9 cm³/mol. The van der Waals surface area contributed by atoms with Crippen LogP contribution in [0.15, 0.2) is 23.2 Å². The summed E-state index contributed by atoms with van der Waals surface area (Å²) in [4.78, 5) is 11.3. The quantitative estimate of drug-likeness (QED) is 0.562. The van der Waals surface area contributed by atoms with E-state index >= 15 is 0 Å². The smallest absolute Gasteiger partial charge is 0.213 e. The molecule has 7 heteroatoms. The van der Waals surface area contributed by atoms with Crippen molar-refractivity contribution in [3.05, 3.63) is 23.9 Å². The average Bonchev–Trinajstić information content (AvgIpc) is 2.61. The van der Waals surface area contributed by atoms with E-state index < -0.39 is 0 Å². The molecule has 0 spiro atoms. The van der Waals surface area contributed by atoms with Crippen molar-refractivity contribution in [2.45, 2.75) is 13.5 Å². The van der Waals surface area contributed by atoms with E-state index in [1.165, 1.54) is 0 Å². The molecule has 1 aromatic rings. The highest BCUT2D eigenvalue weighted by molar-refractivity contribution is 5.79. The monoisotopic (exact) mass is 321 g/mol. The Hall–Kier alpha value is -1.86. The van der Waals surface area contributed by atoms with Crippen molar-refractivity contribution in [1.82, 2.24) is 20.5 Å². The van der Waals surface area contributed by atoms with Crippen molar-refractivity contribution in [3.8, 4) is 5.88 Å². The molecule has 2 rings (SSSR count). The van der Waals surface area contributed by atoms with Crippen LogP contribution in [0.25, 0.3) is 0 Å². The zero-order valence-electron chi connectivity index (χ0n) is 14.0. The van der Waals surface area contributed by atoms with Gasteiger partial charge in [-0.25, -0.2) is 9.98 Å². The van der Waals surface area contributed by atoms with Crippen molar-refractivity contribution in [2.24, 2.45) is 4.99 Å². The third kappa shape index (κ3) is 6.42. The number of guanidine groups is 1. The molecule has 2 N–H and O–H groups in total. The predicted octanol–water partition coefficient (Wildman–Crippen LogP) is 0.478. The average molecular weight is 321 g/mol. The Morgan fingerprint density at radius 1 is 1.35 bits per heavy atom. The van der Waals surface area contributed by atoms with E-state index in [2.05, 4.69) is 32.4 Å². The molecule has 23 heavy (non-hydrogen) atoms. The van der Waals surface area contributed by atoms with Crippen LogP contribution in [0.3, 0.4) is 0 Å². The summed E-state index contributed by atoms with van der Waals surface area (Å²) in [5.74, 6) is 1.42. The van der Waals surface area contributed by atoms with E-state index in [4.69, 9.17) is 9.47 Å². The van der Waals surface area contributed by atoms with E-state index in [1.807, 2.05) is 18.2 Å². The van der Waals surface area contributed by atoms with E-state index in [9.17, 15) is 0 Å². The minimum atomic E-state index is 0.518. The fourth-order valence-electron chi connectivity index (χ4n) is 2.32. The summed E-state index contributed by atoms with van der Waals surface area (Å²) in [6.07, 6.45) is 0. The van der Waals surface area contributed by atoms with Gasteiger partial charge in [-0.05, 0) is 13.0 Å². The highest BCUT2D eigenvalue weighted by Gasteiger charge is 2.09. The first-order valence-electron chi connectivity index (χ1n) is 8.14. The van der Waals surface area contributed by atoms with Gasteiger partial charge < -0.3 is 20.1 Å². The summed E-state index contributed by atoms with van der Waals surface area (Å²) in [7, 11) is 1.62. The van der Waals surface area contributed by atoms with Crippen molar-refractivity contribution in [3.63, 3.8) is 0 Å². The Labute approximate surface area is 138 Å². The van der Waals surface area contributed by atoms with Crippen LogP contribution in [0.5, 0.6) is 5.88 Å². The summed E-state index contributed by atoms with van der Waals surface area (Å²) in [5, 5.41) is 6.62. The Kier molecular flexibility index (Phi) is 7.62. The second-order valence-corrected chi connectivity index (χ2v) is 5.25. The molecule has 128 valence electrons. The number of ether oxygens (including phenoxy) is 2. The number of pyridine rings is 1. The number of hydrogen-bond acceptors (Lipinski definition) is 5. The molecular formula is C16H27N5O2. The minimum absolute atomic E-state index is 0.518. The highest BCUT2D eigenvalue weighted by atomic mass is 16.5. The molecule has 2 heterocycles. The van der Waals surface area contributed by atoms with Gasteiger partial charge in [0.05, 0.1) is 32.6 Å². The van der Waals surface area contributed by atoms with Gasteiger partial charge in [0.15, 0.2) is 5.96 Å². The topological polar surface area (TPSA) is 71.0 Å². The number of morpholine rings is 1. The molecule has 1 fully saturated rings. The minimum Gasteiger partial charge on any atom is -0.481 e. The summed E-state index contributed by atoms with van der Waals surface area (Å²) >= 11 is 0. The normalized spacial score (nSPS) is 16.2. The van der Waals surface area contributed by atoms with Crippen LogP contribution in [-0.4, -0.2) is 68.9 Å². The molecule has 7 nitrogen and oxygen atoms in total. The van der Waals surface area contributed by atoms with E-state index in [1.54, 1.807) is 7.11 Å². The first kappa shape index (κ1) is 17.5. The summed E-state index contributed by atoms with van der Waals surface area (Å²) in [6, 6.07) is 5.71. The van der Waals surface area contributed by atoms with Gasteiger partial charge in [-0.2, -0.15) is 0 Å². The van der Waals surface area contributed by atoms with Crippen LogP contribution in [-0.2, 0) is 11.3 Å². The van der Waals surface area contributed by atoms with Crippen molar-refractivity contribution in [1.29, 1.82) is 0 Å². The lowest BCUT2D eigenvalue weighted by atomic mass is 10.3. The lowest BCUT2D eigenvalue weighted by molar-refractivity contribution is 0.0389. The molecular weight excluding hydrogens is 294 g/mol. The molecule has 0 aromatic carbocycles. The summed E-state index contributed by atoms with van der Waals surface area (Å²) < 4.78 is 10.5. The number of aromatic nitrogens is 1. The van der Waals surface area contributed by atoms with Crippen molar-refractivity contribution in [2.75, 3.05) is 53.0 Å². The van der Waals surface area contributed by atoms with Gasteiger partial charge in [0, 0.05) is 38.8 Å². The maximum Gasteiger partial charge on any atom is 0.213 e. The maximum absolute atomic E-state index is 5.36. The molecule has 0 atom stereocenters. The summed E-state index contributed by atoms with van der Waals surface area (Å²) in [6.45, 7) is 8.92. The lowest BCUT2D eigenvalue weighted by Crippen LogP contribution is -2.44. The molecule has 0 saturated carbocycles. The van der Waals surface area contributed by atoms with E-state index in [-0.39, 0.29) is 0 Å². The molecule has 1 aliphatic heterocycles. The van der Waals surface area contributed by atoms with Crippen LogP contribution < -0.4 is 15.4 Å². The Morgan fingerprint density at radius 3 is 2.91 bits per heavy atom. The fourth-order valence-corrected chi connectivity index (χ4v) is 2.32. The third-order valence-corrected chi connectivity index (χ3v) is 3.56. The van der Waals surface area contributed by atoms with Gasteiger partial charge in [-0.1, -0.05) is 6.07 Å². The molecule has 0 unspecified atom stereocenters. The van der Waals surface area contributed by atoms with Crippen LogP contribution in [0, 0.1) is 0 Å². The van der Waals surface area contributed by atoms with Crippen LogP contribution in [0.2, 0.25) is 0 Å². The number of hydrogen-bond donors (Lipinski definition) is 2. The van der Waals surface area contributed by atoms with E-state index in [0.717, 1.165) is 57.6 Å². The van der Waals surface area contributed by atoms with Crippen LogP contribution in [0.4, 0.5) is 0 Å². The SMILES string of the molecule is CCNC(=NCc1cccc(OC)n1)NCCN1CCOCC1. The standard InChI is InChI=1S/C16H27N5O2/c1-3-17-16(18-7-8-21-9-11-23-12-10-21)19-13-14-5-4-6-15(20-14)22-2/h4-6H,3,7-13H2,1-2H3,(H2,17,18,19). The number of nitrogens with zero attached hydrogens (tertiary/aromatic N) is 3. The largest absolute Gasteiger partial charge is 0.481 e.